The highest BCUT2D eigenvalue weighted by molar-refractivity contribution is 6.33. The minimum Gasteiger partial charge on any atom is -0.361 e. The Morgan fingerprint density at radius 2 is 1.81 bits per heavy atom. The van der Waals surface area contributed by atoms with E-state index in [0.717, 1.165) is 32.0 Å². The van der Waals surface area contributed by atoms with Gasteiger partial charge in [0.2, 0.25) is 11.6 Å². The van der Waals surface area contributed by atoms with E-state index in [0.29, 0.717) is 12.3 Å². The monoisotopic (exact) mass is 402 g/mol. The van der Waals surface area contributed by atoms with Crippen LogP contribution < -0.4 is 10.6 Å². The van der Waals surface area contributed by atoms with E-state index in [9.17, 15) is 23.3 Å². The molecular formula is C15H14ClF3N6O2. The number of nitro groups is 1. The van der Waals surface area contributed by atoms with E-state index in [2.05, 4.69) is 25.6 Å². The average Bonchev–Trinajstić information content (AvgIpc) is 3.08. The second-order valence-corrected chi connectivity index (χ2v) is 6.39. The highest BCUT2D eigenvalue weighted by Gasteiger charge is 2.32. The summed E-state index contributed by atoms with van der Waals surface area (Å²) < 4.78 is 38.1. The minimum absolute atomic E-state index is 0.0347. The maximum Gasteiger partial charge on any atom is 0.417 e. The molecule has 2 heterocycles. The van der Waals surface area contributed by atoms with E-state index in [1.165, 1.54) is 0 Å². The molecule has 1 fully saturated rings. The van der Waals surface area contributed by atoms with Crippen LogP contribution in [-0.2, 0) is 6.18 Å². The lowest BCUT2D eigenvalue weighted by Crippen LogP contribution is -2.17. The average molecular weight is 403 g/mol. The molecule has 3 rings (SSSR count). The maximum absolute atomic E-state index is 12.7. The zero-order valence-corrected chi connectivity index (χ0v) is 14.5. The Hall–Kier alpha value is -2.69. The van der Waals surface area contributed by atoms with Gasteiger partial charge in [0.1, 0.15) is 6.33 Å². The molecule has 12 heteroatoms. The lowest BCUT2D eigenvalue weighted by molar-refractivity contribution is -0.383. The molecule has 0 amide bonds. The zero-order valence-electron chi connectivity index (χ0n) is 13.8. The summed E-state index contributed by atoms with van der Waals surface area (Å²) in [4.78, 5) is 22.2. The third kappa shape index (κ3) is 4.35. The van der Waals surface area contributed by atoms with Crippen LogP contribution in [0.3, 0.4) is 0 Å². The molecular weight excluding hydrogens is 389 g/mol. The number of rotatable bonds is 5. The number of aromatic nitrogens is 3. The van der Waals surface area contributed by atoms with Gasteiger partial charge in [-0.2, -0.15) is 13.2 Å². The fraction of sp³-hybridized carbons (Fsp3) is 0.400. The molecule has 1 aliphatic rings. The summed E-state index contributed by atoms with van der Waals surface area (Å²) in [6, 6.07) is 0.751. The number of halogens is 4. The van der Waals surface area contributed by atoms with Crippen molar-refractivity contribution in [2.75, 3.05) is 10.6 Å². The van der Waals surface area contributed by atoms with Crippen LogP contribution in [0.4, 0.5) is 36.3 Å². The van der Waals surface area contributed by atoms with Crippen molar-refractivity contribution in [3.8, 4) is 0 Å². The van der Waals surface area contributed by atoms with Crippen molar-refractivity contribution < 1.29 is 18.1 Å². The summed E-state index contributed by atoms with van der Waals surface area (Å²) in [7, 11) is 0. The number of anilines is 3. The lowest BCUT2D eigenvalue weighted by Gasteiger charge is -2.14. The first-order valence-electron chi connectivity index (χ1n) is 8.01. The third-order valence-electron chi connectivity index (χ3n) is 4.11. The van der Waals surface area contributed by atoms with Crippen LogP contribution in [0.5, 0.6) is 0 Å². The zero-order chi connectivity index (χ0) is 19.6. The van der Waals surface area contributed by atoms with E-state index >= 15 is 0 Å². The van der Waals surface area contributed by atoms with E-state index < -0.39 is 22.4 Å². The Kier molecular flexibility index (Phi) is 5.31. The van der Waals surface area contributed by atoms with Gasteiger partial charge in [-0.05, 0) is 18.9 Å². The predicted octanol–water partition coefficient (Wildman–Crippen LogP) is 4.55. The fourth-order valence-electron chi connectivity index (χ4n) is 2.81. The van der Waals surface area contributed by atoms with Crippen LogP contribution >= 0.6 is 11.6 Å². The van der Waals surface area contributed by atoms with Gasteiger partial charge in [0.15, 0.2) is 5.82 Å². The van der Waals surface area contributed by atoms with E-state index in [1.54, 1.807) is 0 Å². The van der Waals surface area contributed by atoms with Gasteiger partial charge in [0, 0.05) is 12.2 Å². The van der Waals surface area contributed by atoms with Crippen molar-refractivity contribution in [3.63, 3.8) is 0 Å². The molecule has 27 heavy (non-hydrogen) atoms. The Balaban J connectivity index is 1.91. The first kappa shape index (κ1) is 19.1. The summed E-state index contributed by atoms with van der Waals surface area (Å²) in [5.41, 5.74) is -1.46. The van der Waals surface area contributed by atoms with E-state index in [1.807, 2.05) is 0 Å². The number of nitrogens with one attached hydrogen (secondary N) is 2. The Morgan fingerprint density at radius 1 is 1.15 bits per heavy atom. The summed E-state index contributed by atoms with van der Waals surface area (Å²) >= 11 is 5.84. The molecule has 0 saturated heterocycles. The summed E-state index contributed by atoms with van der Waals surface area (Å²) in [6.45, 7) is 0. The van der Waals surface area contributed by atoms with E-state index in [-0.39, 0.29) is 28.5 Å². The Bertz CT molecular complexity index is 858. The lowest BCUT2D eigenvalue weighted by atomic mass is 10.2. The molecule has 8 nitrogen and oxygen atoms in total. The topological polar surface area (TPSA) is 106 Å². The molecule has 0 atom stereocenters. The summed E-state index contributed by atoms with van der Waals surface area (Å²) in [6.07, 6.45) is 0.879. The van der Waals surface area contributed by atoms with Crippen molar-refractivity contribution in [3.05, 3.63) is 39.3 Å². The van der Waals surface area contributed by atoms with Crippen molar-refractivity contribution in [2.45, 2.75) is 37.9 Å². The van der Waals surface area contributed by atoms with Gasteiger partial charge in [-0.15, -0.1) is 0 Å². The molecule has 2 aromatic heterocycles. The molecule has 2 aromatic rings. The predicted molar refractivity (Wildman–Crippen MR) is 92.1 cm³/mol. The molecule has 0 bridgehead atoms. The largest absolute Gasteiger partial charge is 0.417 e. The summed E-state index contributed by atoms with van der Waals surface area (Å²) in [5.74, 6) is -0.365. The second-order valence-electron chi connectivity index (χ2n) is 5.98. The smallest absolute Gasteiger partial charge is 0.361 e. The van der Waals surface area contributed by atoms with Gasteiger partial charge in [-0.3, -0.25) is 10.1 Å². The number of hydrogen-bond donors (Lipinski definition) is 2. The molecule has 2 N–H and O–H groups in total. The first-order valence-corrected chi connectivity index (χ1v) is 8.39. The highest BCUT2D eigenvalue weighted by Crippen LogP contribution is 2.36. The minimum atomic E-state index is -4.60. The molecule has 0 unspecified atom stereocenters. The van der Waals surface area contributed by atoms with Gasteiger partial charge in [-0.1, -0.05) is 24.4 Å². The number of alkyl halides is 3. The van der Waals surface area contributed by atoms with Crippen molar-refractivity contribution in [2.24, 2.45) is 0 Å². The maximum atomic E-state index is 12.7. The van der Waals surface area contributed by atoms with Crippen LogP contribution in [-0.4, -0.2) is 25.9 Å². The number of pyridine rings is 1. The van der Waals surface area contributed by atoms with Gasteiger partial charge >= 0.3 is 11.9 Å². The van der Waals surface area contributed by atoms with Crippen LogP contribution in [0.2, 0.25) is 5.02 Å². The Labute approximate surface area is 156 Å². The van der Waals surface area contributed by atoms with Crippen LogP contribution in [0.25, 0.3) is 0 Å². The van der Waals surface area contributed by atoms with Gasteiger partial charge in [-0.25, -0.2) is 15.0 Å². The van der Waals surface area contributed by atoms with Gasteiger partial charge < -0.3 is 10.6 Å². The van der Waals surface area contributed by atoms with Crippen LogP contribution in [0.15, 0.2) is 18.6 Å². The molecule has 0 aliphatic heterocycles. The molecule has 1 saturated carbocycles. The first-order chi connectivity index (χ1) is 12.8. The molecule has 0 aromatic carbocycles. The number of nitrogens with zero attached hydrogens (tertiary/aromatic N) is 4. The van der Waals surface area contributed by atoms with Crippen molar-refractivity contribution in [1.82, 2.24) is 15.0 Å². The molecule has 0 spiro atoms. The quantitative estimate of drug-likeness (QED) is 0.558. The Morgan fingerprint density at radius 3 is 2.41 bits per heavy atom. The molecule has 144 valence electrons. The van der Waals surface area contributed by atoms with E-state index in [4.69, 9.17) is 11.6 Å². The van der Waals surface area contributed by atoms with Crippen molar-refractivity contribution in [1.29, 1.82) is 0 Å². The van der Waals surface area contributed by atoms with Gasteiger partial charge in [0.05, 0.1) is 15.5 Å². The highest BCUT2D eigenvalue weighted by atomic mass is 35.5. The normalized spacial score (nSPS) is 15.0. The molecule has 1 aliphatic carbocycles. The van der Waals surface area contributed by atoms with Crippen LogP contribution in [0, 0.1) is 10.1 Å². The number of hydrogen-bond acceptors (Lipinski definition) is 7. The standard InChI is InChI=1S/C15H14ClF3N6O2/c16-10-5-8(15(17,18)19)6-20-12(10)24-14-11(25(26)27)13(21-7-22-14)23-9-3-1-2-4-9/h5-7,9H,1-4H2,(H2,20,21,22,23,24). The van der Waals surface area contributed by atoms with Crippen molar-refractivity contribution >= 4 is 34.7 Å². The second kappa shape index (κ2) is 7.51. The van der Waals surface area contributed by atoms with Gasteiger partial charge in [0.25, 0.3) is 0 Å². The molecule has 0 radical (unpaired) electrons. The summed E-state index contributed by atoms with van der Waals surface area (Å²) in [5, 5.41) is 16.7. The fourth-order valence-corrected chi connectivity index (χ4v) is 3.02. The van der Waals surface area contributed by atoms with Crippen LogP contribution in [0.1, 0.15) is 31.2 Å². The SMILES string of the molecule is O=[N+]([O-])c1c(Nc2ncc(C(F)(F)F)cc2Cl)ncnc1NC1CCCC1. The third-order valence-corrected chi connectivity index (χ3v) is 4.39.